The molecule has 2 nitrogen and oxygen atoms in total. The third kappa shape index (κ3) is 4.07. The summed E-state index contributed by atoms with van der Waals surface area (Å²) in [5.74, 6) is 0.193. The Balaban J connectivity index is 2.71. The van der Waals surface area contributed by atoms with Crippen LogP contribution in [0, 0.1) is 0 Å². The van der Waals surface area contributed by atoms with Crippen molar-refractivity contribution in [1.82, 2.24) is 0 Å². The Hall–Kier alpha value is 2.23. The van der Waals surface area contributed by atoms with Gasteiger partial charge < -0.3 is 10.2 Å². The first-order chi connectivity index (χ1) is 10.6. The summed E-state index contributed by atoms with van der Waals surface area (Å²) in [6.45, 7) is 0. The number of benzene rings is 2. The Morgan fingerprint density at radius 3 is 0.870 bits per heavy atom. The highest BCUT2D eigenvalue weighted by Gasteiger charge is 2.24. The number of rotatable bonds is 2. The van der Waals surface area contributed by atoms with E-state index in [9.17, 15) is 10.2 Å². The number of phenolic OH excluding ortho intramolecular Hbond substituents is 2. The van der Waals surface area contributed by atoms with Crippen LogP contribution >= 0.6 is 139 Å². The van der Waals surface area contributed by atoms with Crippen LogP contribution in [0.5, 0.6) is 11.5 Å². The van der Waals surface area contributed by atoms with Crippen LogP contribution in [-0.2, 0) is 0 Å². The maximum atomic E-state index is 10.1. The Bertz CT molecular complexity index is 698. The van der Waals surface area contributed by atoms with Crippen LogP contribution in [0.4, 0.5) is 0 Å². The van der Waals surface area contributed by atoms with E-state index in [1.165, 1.54) is 11.8 Å². The number of phenols is 2. The summed E-state index contributed by atoms with van der Waals surface area (Å²) in [4.78, 5) is 1.68. The van der Waals surface area contributed by atoms with E-state index in [-0.39, 0.29) is 11.5 Å². The van der Waals surface area contributed by atoms with E-state index in [0.717, 1.165) is 9.79 Å². The highest BCUT2D eigenvalue weighted by atomic mass is 79.9. The van der Waals surface area contributed by atoms with Gasteiger partial charge >= 0.3 is 0 Å². The third-order valence-electron chi connectivity index (χ3n) is 2.60. The topological polar surface area (TPSA) is 40.5 Å². The summed E-state index contributed by atoms with van der Waals surface area (Å²) in [6.07, 6.45) is 0. The second kappa shape index (κ2) is 8.50. The van der Waals surface area contributed by atoms with Crippen LogP contribution in [0.1, 0.15) is 0 Å². The summed E-state index contributed by atoms with van der Waals surface area (Å²) in [5.41, 5.74) is 0. The van der Waals surface area contributed by atoms with Crippen LogP contribution in [0.3, 0.4) is 0 Å². The quantitative estimate of drug-likeness (QED) is 0.296. The van der Waals surface area contributed by atoms with Crippen molar-refractivity contribution in [2.75, 3.05) is 0 Å². The molecule has 2 rings (SSSR count). The lowest BCUT2D eigenvalue weighted by Crippen LogP contribution is -1.88. The van der Waals surface area contributed by atoms with Gasteiger partial charge in [-0.15, -0.1) is 0 Å². The lowest BCUT2D eigenvalue weighted by Gasteiger charge is -2.16. The molecule has 0 amide bonds. The van der Waals surface area contributed by atoms with Gasteiger partial charge in [0.15, 0.2) is 0 Å². The fourth-order valence-corrected chi connectivity index (χ4v) is 8.14. The number of hydrogen-bond donors (Lipinski definition) is 2. The molecule has 0 saturated carbocycles. The van der Waals surface area contributed by atoms with Crippen LogP contribution in [-0.4, -0.2) is 10.2 Å². The van der Waals surface area contributed by atoms with Gasteiger partial charge in [0.25, 0.3) is 0 Å². The molecule has 0 atom stereocenters. The van der Waals surface area contributed by atoms with Crippen molar-refractivity contribution in [2.45, 2.75) is 9.79 Å². The summed E-state index contributed by atoms with van der Waals surface area (Å²) in [5, 5.41) is 20.1. The smallest absolute Gasteiger partial charge is 0.146 e. The van der Waals surface area contributed by atoms with Gasteiger partial charge in [0, 0.05) is 9.79 Å². The highest BCUT2D eigenvalue weighted by molar-refractivity contribution is 9.14. The molecule has 0 saturated heterocycles. The van der Waals surface area contributed by atoms with Crippen molar-refractivity contribution >= 4 is 139 Å². The zero-order chi connectivity index (χ0) is 17.6. The molecule has 0 aromatic heterocycles. The molecule has 0 aliphatic heterocycles. The molecular weight excluding hydrogens is 847 g/mol. The lowest BCUT2D eigenvalue weighted by atomic mass is 10.3. The van der Waals surface area contributed by atoms with Crippen molar-refractivity contribution in [1.29, 1.82) is 0 Å². The van der Waals surface area contributed by atoms with E-state index in [2.05, 4.69) is 127 Å². The number of hydrogen-bond acceptors (Lipinski definition) is 3. The van der Waals surface area contributed by atoms with Crippen molar-refractivity contribution < 1.29 is 10.2 Å². The zero-order valence-electron chi connectivity index (χ0n) is 10.3. The summed E-state index contributed by atoms with van der Waals surface area (Å²) >= 11 is 28.9. The zero-order valence-corrected chi connectivity index (χ0v) is 23.8. The molecule has 0 aliphatic carbocycles. The molecule has 0 unspecified atom stereocenters. The van der Waals surface area contributed by atoms with E-state index in [4.69, 9.17) is 0 Å². The molecule has 11 heteroatoms. The Morgan fingerprint density at radius 1 is 0.435 bits per heavy atom. The molecule has 2 N–H and O–H groups in total. The largest absolute Gasteiger partial charge is 0.505 e. The van der Waals surface area contributed by atoms with Gasteiger partial charge in [-0.1, -0.05) is 11.8 Å². The van der Waals surface area contributed by atoms with Gasteiger partial charge in [0.2, 0.25) is 0 Å². The standard InChI is InChI=1S/C12H2Br8O2S/c13-1-5(17)11(6(18)2(14)9(1)21)23-12-7(19)3(15)10(22)4(16)8(12)20/h21-22H. The van der Waals surface area contributed by atoms with Gasteiger partial charge in [-0.25, -0.2) is 0 Å². The molecule has 0 bridgehead atoms. The molecular formula is C12H2Br8O2S. The normalized spacial score (nSPS) is 11.1. The molecule has 2 aromatic carbocycles. The Labute approximate surface area is 203 Å². The highest BCUT2D eigenvalue weighted by Crippen LogP contribution is 2.55. The minimum absolute atomic E-state index is 0.0966. The van der Waals surface area contributed by atoms with E-state index in [1.54, 1.807) is 0 Å². The van der Waals surface area contributed by atoms with Gasteiger partial charge in [-0.2, -0.15) is 0 Å². The van der Waals surface area contributed by atoms with Crippen LogP contribution in [0.15, 0.2) is 45.6 Å². The average molecular weight is 849 g/mol. The second-order valence-electron chi connectivity index (χ2n) is 3.97. The number of aromatic hydroxyl groups is 2. The minimum Gasteiger partial charge on any atom is -0.505 e. The third-order valence-corrected chi connectivity index (χ3v) is 13.3. The summed E-state index contributed by atoms with van der Waals surface area (Å²) in [7, 11) is 0. The molecule has 0 heterocycles. The summed E-state index contributed by atoms with van der Waals surface area (Å²) in [6, 6.07) is 0. The van der Waals surface area contributed by atoms with Gasteiger partial charge in [-0.3, -0.25) is 0 Å². The first kappa shape index (κ1) is 21.5. The molecule has 0 aliphatic rings. The molecule has 23 heavy (non-hydrogen) atoms. The molecule has 2 aromatic rings. The average Bonchev–Trinajstić information content (AvgIpc) is 2.54. The predicted molar refractivity (Wildman–Crippen MR) is 122 cm³/mol. The van der Waals surface area contributed by atoms with Gasteiger partial charge in [0.05, 0.1) is 35.8 Å². The van der Waals surface area contributed by atoms with Crippen molar-refractivity contribution in [3.8, 4) is 11.5 Å². The van der Waals surface area contributed by atoms with E-state index in [0.29, 0.717) is 35.8 Å². The fourth-order valence-electron chi connectivity index (χ4n) is 1.48. The van der Waals surface area contributed by atoms with E-state index >= 15 is 0 Å². The van der Waals surface area contributed by atoms with E-state index in [1.807, 2.05) is 0 Å². The molecule has 124 valence electrons. The summed E-state index contributed by atoms with van der Waals surface area (Å²) < 4.78 is 4.98. The maximum Gasteiger partial charge on any atom is 0.146 e. The fraction of sp³-hybridized carbons (Fsp3) is 0. The Kier molecular flexibility index (Phi) is 7.95. The molecule has 0 radical (unpaired) electrons. The molecule has 0 fully saturated rings. The number of halogens is 8. The first-order valence-corrected chi connectivity index (χ1v) is 12.5. The van der Waals surface area contributed by atoms with Gasteiger partial charge in [-0.05, 0) is 127 Å². The Morgan fingerprint density at radius 2 is 0.652 bits per heavy atom. The van der Waals surface area contributed by atoms with Crippen LogP contribution in [0.25, 0.3) is 0 Å². The van der Waals surface area contributed by atoms with Crippen LogP contribution in [0.2, 0.25) is 0 Å². The lowest BCUT2D eigenvalue weighted by molar-refractivity contribution is 0.466. The SMILES string of the molecule is Oc1c(Br)c(Br)c(Sc2c(Br)c(Br)c(O)c(Br)c2Br)c(Br)c1Br. The molecule has 0 spiro atoms. The minimum atomic E-state index is 0.0966. The first-order valence-electron chi connectivity index (χ1n) is 5.37. The van der Waals surface area contributed by atoms with E-state index < -0.39 is 0 Å². The van der Waals surface area contributed by atoms with Crippen LogP contribution < -0.4 is 0 Å². The van der Waals surface area contributed by atoms with Crippen molar-refractivity contribution in [2.24, 2.45) is 0 Å². The maximum absolute atomic E-state index is 10.1. The van der Waals surface area contributed by atoms with Crippen molar-refractivity contribution in [3.05, 3.63) is 35.8 Å². The second-order valence-corrected chi connectivity index (χ2v) is 11.3. The van der Waals surface area contributed by atoms with Crippen molar-refractivity contribution in [3.63, 3.8) is 0 Å². The van der Waals surface area contributed by atoms with Gasteiger partial charge in [0.1, 0.15) is 11.5 Å². The predicted octanol–water partition coefficient (Wildman–Crippen LogP) is 9.35. The monoisotopic (exact) mass is 841 g/mol.